The molecule has 9 heteroatoms. The second kappa shape index (κ2) is 12.7. The number of hydrogen-bond donors (Lipinski definition) is 1. The molecular weight excluding hydrogens is 505 g/mol. The van der Waals surface area contributed by atoms with Gasteiger partial charge >= 0.3 is 0 Å². The third-order valence-electron chi connectivity index (χ3n) is 5.98. The lowest BCUT2D eigenvalue weighted by Crippen LogP contribution is -2.53. The Morgan fingerprint density at radius 1 is 0.947 bits per heavy atom. The smallest absolute Gasteiger partial charge is 0.264 e. The fraction of sp³-hybridized carbons (Fsp3) is 0.310. The van der Waals surface area contributed by atoms with Gasteiger partial charge in [-0.2, -0.15) is 0 Å². The van der Waals surface area contributed by atoms with Crippen LogP contribution in [0.1, 0.15) is 38.3 Å². The van der Waals surface area contributed by atoms with E-state index in [1.54, 1.807) is 25.1 Å². The third-order valence-corrected chi connectivity index (χ3v) is 7.77. The maximum absolute atomic E-state index is 13.9. The van der Waals surface area contributed by atoms with E-state index in [2.05, 4.69) is 5.32 Å². The number of sulfonamides is 1. The van der Waals surface area contributed by atoms with Crippen LogP contribution in [0.5, 0.6) is 0 Å². The SMILES string of the molecule is CC[C@@H](C(=O)NC(C)C)N(Cc1cccc(C)c1)C(=O)CN(c1ccc(F)cc1)S(=O)(=O)c1ccccc1. The first-order valence-corrected chi connectivity index (χ1v) is 14.0. The van der Waals surface area contributed by atoms with Gasteiger partial charge in [-0.3, -0.25) is 13.9 Å². The van der Waals surface area contributed by atoms with Gasteiger partial charge in [-0.15, -0.1) is 0 Å². The summed E-state index contributed by atoms with van der Waals surface area (Å²) >= 11 is 0. The average Bonchev–Trinajstić information content (AvgIpc) is 2.87. The molecule has 0 spiro atoms. The van der Waals surface area contributed by atoms with Gasteiger partial charge in [0.15, 0.2) is 0 Å². The summed E-state index contributed by atoms with van der Waals surface area (Å²) in [6.45, 7) is 6.95. The Bertz CT molecular complexity index is 1350. The standard InChI is InChI=1S/C29H34FN3O4S/c1-5-27(29(35)31-21(2)3)32(19-23-11-9-10-22(4)18-23)28(34)20-33(25-16-14-24(30)15-17-25)38(36,37)26-12-7-6-8-13-26/h6-18,21,27H,5,19-20H2,1-4H3,(H,31,35)/t27-/m0/s1. The summed E-state index contributed by atoms with van der Waals surface area (Å²) in [6, 6.07) is 19.3. The van der Waals surface area contributed by atoms with Gasteiger partial charge in [0.05, 0.1) is 10.6 Å². The summed E-state index contributed by atoms with van der Waals surface area (Å²) in [7, 11) is -4.18. The number of hydrogen-bond acceptors (Lipinski definition) is 4. The van der Waals surface area contributed by atoms with E-state index in [-0.39, 0.29) is 29.1 Å². The normalized spacial score (nSPS) is 12.2. The lowest BCUT2D eigenvalue weighted by molar-refractivity contribution is -0.140. The van der Waals surface area contributed by atoms with Crippen LogP contribution in [0, 0.1) is 12.7 Å². The number of rotatable bonds is 11. The molecule has 0 saturated carbocycles. The highest BCUT2D eigenvalue weighted by molar-refractivity contribution is 7.92. The quantitative estimate of drug-likeness (QED) is 0.384. The van der Waals surface area contributed by atoms with Crippen molar-refractivity contribution in [3.8, 4) is 0 Å². The van der Waals surface area contributed by atoms with E-state index in [9.17, 15) is 22.4 Å². The fourth-order valence-corrected chi connectivity index (χ4v) is 5.60. The highest BCUT2D eigenvalue weighted by atomic mass is 32.2. The second-order valence-electron chi connectivity index (χ2n) is 9.40. The Balaban J connectivity index is 2.05. The molecule has 0 fully saturated rings. The van der Waals surface area contributed by atoms with Crippen molar-refractivity contribution in [1.29, 1.82) is 0 Å². The van der Waals surface area contributed by atoms with Crippen molar-refractivity contribution < 1.29 is 22.4 Å². The highest BCUT2D eigenvalue weighted by Gasteiger charge is 2.33. The van der Waals surface area contributed by atoms with Crippen LogP contribution in [0.15, 0.2) is 83.8 Å². The third kappa shape index (κ3) is 7.19. The van der Waals surface area contributed by atoms with E-state index in [1.165, 1.54) is 29.2 Å². The van der Waals surface area contributed by atoms with Gasteiger partial charge in [0.25, 0.3) is 10.0 Å². The largest absolute Gasteiger partial charge is 0.352 e. The molecule has 0 saturated heterocycles. The van der Waals surface area contributed by atoms with Crippen molar-refractivity contribution in [1.82, 2.24) is 10.2 Å². The molecule has 0 bridgehead atoms. The zero-order valence-corrected chi connectivity index (χ0v) is 22.9. The van der Waals surface area contributed by atoms with Crippen LogP contribution in [-0.4, -0.2) is 43.8 Å². The number of carbonyl (C=O) groups is 2. The number of nitrogens with zero attached hydrogens (tertiary/aromatic N) is 2. The van der Waals surface area contributed by atoms with Crippen molar-refractivity contribution in [2.75, 3.05) is 10.8 Å². The van der Waals surface area contributed by atoms with Crippen LogP contribution in [0.4, 0.5) is 10.1 Å². The van der Waals surface area contributed by atoms with Gasteiger partial charge in [-0.05, 0) is 69.2 Å². The van der Waals surface area contributed by atoms with Crippen LogP contribution in [0.3, 0.4) is 0 Å². The van der Waals surface area contributed by atoms with Crippen LogP contribution in [0.2, 0.25) is 0 Å². The summed E-state index contributed by atoms with van der Waals surface area (Å²) in [4.78, 5) is 28.5. The number of benzene rings is 3. The molecule has 1 atom stereocenters. The molecule has 2 amide bonds. The van der Waals surface area contributed by atoms with Crippen LogP contribution < -0.4 is 9.62 Å². The molecule has 0 aromatic heterocycles. The first kappa shape index (κ1) is 28.8. The summed E-state index contributed by atoms with van der Waals surface area (Å²) in [5.41, 5.74) is 1.95. The topological polar surface area (TPSA) is 86.8 Å². The monoisotopic (exact) mass is 539 g/mol. The Morgan fingerprint density at radius 2 is 1.61 bits per heavy atom. The van der Waals surface area contributed by atoms with Crippen molar-refractivity contribution in [2.24, 2.45) is 0 Å². The lowest BCUT2D eigenvalue weighted by atomic mass is 10.1. The molecule has 0 unspecified atom stereocenters. The molecule has 0 radical (unpaired) electrons. The van der Waals surface area contributed by atoms with Crippen molar-refractivity contribution >= 4 is 27.5 Å². The molecule has 3 aromatic rings. The first-order valence-electron chi connectivity index (χ1n) is 12.5. The fourth-order valence-electron chi connectivity index (χ4n) is 4.16. The molecule has 0 aliphatic heterocycles. The van der Waals surface area contributed by atoms with E-state index >= 15 is 0 Å². The van der Waals surface area contributed by atoms with Gasteiger partial charge < -0.3 is 10.2 Å². The zero-order valence-electron chi connectivity index (χ0n) is 22.1. The van der Waals surface area contributed by atoms with Gasteiger partial charge in [-0.25, -0.2) is 12.8 Å². The first-order chi connectivity index (χ1) is 18.0. The van der Waals surface area contributed by atoms with Crippen LogP contribution in [-0.2, 0) is 26.2 Å². The molecule has 38 heavy (non-hydrogen) atoms. The minimum atomic E-state index is -4.18. The molecule has 0 aliphatic rings. The number of nitrogens with one attached hydrogen (secondary N) is 1. The molecule has 0 heterocycles. The maximum atomic E-state index is 13.9. The lowest BCUT2D eigenvalue weighted by Gasteiger charge is -2.33. The maximum Gasteiger partial charge on any atom is 0.264 e. The Labute approximate surface area is 224 Å². The molecule has 7 nitrogen and oxygen atoms in total. The summed E-state index contributed by atoms with van der Waals surface area (Å²) < 4.78 is 42.0. The molecule has 3 rings (SSSR count). The van der Waals surface area contributed by atoms with Crippen molar-refractivity contribution in [3.05, 3.63) is 95.8 Å². The van der Waals surface area contributed by atoms with E-state index in [1.807, 2.05) is 45.0 Å². The second-order valence-corrected chi connectivity index (χ2v) is 11.3. The number of aryl methyl sites for hydroxylation is 1. The van der Waals surface area contributed by atoms with E-state index in [0.717, 1.165) is 27.6 Å². The predicted octanol–water partition coefficient (Wildman–Crippen LogP) is 4.66. The Hall–Kier alpha value is -3.72. The van der Waals surface area contributed by atoms with Crippen molar-refractivity contribution in [2.45, 2.75) is 57.6 Å². The zero-order chi connectivity index (χ0) is 27.9. The number of amides is 2. The predicted molar refractivity (Wildman–Crippen MR) is 146 cm³/mol. The van der Waals surface area contributed by atoms with Gasteiger partial charge in [0.1, 0.15) is 18.4 Å². The minimum absolute atomic E-state index is 0.00745. The van der Waals surface area contributed by atoms with E-state index in [4.69, 9.17) is 0 Å². The molecule has 3 aromatic carbocycles. The number of anilines is 1. The summed E-state index contributed by atoms with van der Waals surface area (Å²) in [5, 5.41) is 2.87. The molecule has 202 valence electrons. The number of halogens is 1. The van der Waals surface area contributed by atoms with Gasteiger partial charge in [0, 0.05) is 12.6 Å². The molecular formula is C29H34FN3O4S. The van der Waals surface area contributed by atoms with Gasteiger partial charge in [0.2, 0.25) is 11.8 Å². The highest BCUT2D eigenvalue weighted by Crippen LogP contribution is 2.25. The van der Waals surface area contributed by atoms with Crippen LogP contribution >= 0.6 is 0 Å². The summed E-state index contributed by atoms with van der Waals surface area (Å²) in [6.07, 6.45) is 0.331. The van der Waals surface area contributed by atoms with Crippen molar-refractivity contribution in [3.63, 3.8) is 0 Å². The van der Waals surface area contributed by atoms with E-state index in [0.29, 0.717) is 6.42 Å². The Morgan fingerprint density at radius 3 is 2.18 bits per heavy atom. The molecule has 0 aliphatic carbocycles. The molecule has 1 N–H and O–H groups in total. The average molecular weight is 540 g/mol. The Kier molecular flexibility index (Phi) is 9.63. The van der Waals surface area contributed by atoms with Gasteiger partial charge in [-0.1, -0.05) is 55.0 Å². The van der Waals surface area contributed by atoms with E-state index < -0.39 is 34.3 Å². The minimum Gasteiger partial charge on any atom is -0.352 e. The number of carbonyl (C=O) groups excluding carboxylic acids is 2. The van der Waals surface area contributed by atoms with Crippen LogP contribution in [0.25, 0.3) is 0 Å². The summed E-state index contributed by atoms with van der Waals surface area (Å²) in [5.74, 6) is -1.40.